The molecule has 2 heterocycles. The summed E-state index contributed by atoms with van der Waals surface area (Å²) in [7, 11) is 4.05. The van der Waals surface area contributed by atoms with Crippen molar-refractivity contribution in [2.24, 2.45) is 0 Å². The molecule has 27 heavy (non-hydrogen) atoms. The van der Waals surface area contributed by atoms with Crippen LogP contribution in [0.1, 0.15) is 52.2 Å². The Kier molecular flexibility index (Phi) is 6.23. The van der Waals surface area contributed by atoms with Crippen molar-refractivity contribution in [1.29, 1.82) is 0 Å². The molecular weight excluding hydrogens is 340 g/mol. The van der Waals surface area contributed by atoms with Crippen LogP contribution in [0.2, 0.25) is 0 Å². The fourth-order valence-corrected chi connectivity index (χ4v) is 3.61. The van der Waals surface area contributed by atoms with Gasteiger partial charge < -0.3 is 15.5 Å². The van der Waals surface area contributed by atoms with E-state index in [2.05, 4.69) is 57.0 Å². The largest absolute Gasteiger partial charge is 0.349 e. The molecule has 1 aromatic carbocycles. The van der Waals surface area contributed by atoms with Gasteiger partial charge in [-0.25, -0.2) is 4.68 Å². The zero-order chi connectivity index (χ0) is 19.4. The molecule has 1 aliphatic rings. The molecule has 0 radical (unpaired) electrons. The maximum absolute atomic E-state index is 12.7. The first-order valence-electron chi connectivity index (χ1n) is 9.61. The number of benzene rings is 1. The molecule has 1 atom stereocenters. The second-order valence-electron chi connectivity index (χ2n) is 7.55. The molecule has 0 bridgehead atoms. The fourth-order valence-electron chi connectivity index (χ4n) is 3.61. The van der Waals surface area contributed by atoms with Crippen LogP contribution in [0.5, 0.6) is 0 Å². The van der Waals surface area contributed by atoms with Gasteiger partial charge in [0.25, 0.3) is 5.91 Å². The summed E-state index contributed by atoms with van der Waals surface area (Å²) in [6.07, 6.45) is 2.03. The molecule has 7 heteroatoms. The van der Waals surface area contributed by atoms with E-state index in [0.717, 1.165) is 31.6 Å². The van der Waals surface area contributed by atoms with Gasteiger partial charge in [0.2, 0.25) is 0 Å². The van der Waals surface area contributed by atoms with Crippen molar-refractivity contribution in [3.8, 4) is 0 Å². The van der Waals surface area contributed by atoms with E-state index in [-0.39, 0.29) is 11.9 Å². The summed E-state index contributed by atoms with van der Waals surface area (Å²) in [6, 6.07) is 8.86. The minimum absolute atomic E-state index is 0.106. The highest BCUT2D eigenvalue weighted by Gasteiger charge is 2.23. The van der Waals surface area contributed by atoms with Crippen molar-refractivity contribution in [2.75, 3.05) is 33.7 Å². The van der Waals surface area contributed by atoms with Crippen LogP contribution in [0.25, 0.3) is 0 Å². The average Bonchev–Trinajstić information content (AvgIpc) is 3.05. The highest BCUT2D eigenvalue weighted by Crippen LogP contribution is 2.21. The first-order valence-corrected chi connectivity index (χ1v) is 9.61. The lowest BCUT2D eigenvalue weighted by molar-refractivity contribution is 0.0936. The van der Waals surface area contributed by atoms with Gasteiger partial charge in [-0.2, -0.15) is 0 Å². The number of aryl methyl sites for hydroxylation is 1. The summed E-state index contributed by atoms with van der Waals surface area (Å²) in [5.41, 5.74) is 3.68. The predicted octanol–water partition coefficient (Wildman–Crippen LogP) is 1.85. The van der Waals surface area contributed by atoms with Crippen LogP contribution in [0, 0.1) is 13.8 Å². The van der Waals surface area contributed by atoms with Crippen molar-refractivity contribution in [3.63, 3.8) is 0 Å². The Morgan fingerprint density at radius 2 is 1.93 bits per heavy atom. The van der Waals surface area contributed by atoms with Gasteiger partial charge in [-0.15, -0.1) is 5.10 Å². The lowest BCUT2D eigenvalue weighted by Gasteiger charge is -2.25. The van der Waals surface area contributed by atoms with Gasteiger partial charge >= 0.3 is 0 Å². The molecule has 3 rings (SSSR count). The molecule has 2 aromatic rings. The van der Waals surface area contributed by atoms with Crippen LogP contribution in [0.3, 0.4) is 0 Å². The third-order valence-electron chi connectivity index (χ3n) is 5.34. The topological polar surface area (TPSA) is 75.1 Å². The van der Waals surface area contributed by atoms with Crippen LogP contribution in [-0.4, -0.2) is 59.5 Å². The van der Waals surface area contributed by atoms with Crippen molar-refractivity contribution in [2.45, 2.75) is 38.8 Å². The van der Waals surface area contributed by atoms with Crippen LogP contribution < -0.4 is 10.6 Å². The van der Waals surface area contributed by atoms with Gasteiger partial charge in [0, 0.05) is 6.54 Å². The summed E-state index contributed by atoms with van der Waals surface area (Å²) >= 11 is 0. The standard InChI is InChI=1S/C20H30N6O/c1-14-5-7-16(8-6-14)18(25(3)4)13-22-20(27)19-15(2)26(24-23-19)17-9-11-21-12-10-17/h5-8,17-18,21H,9-13H2,1-4H3,(H,22,27). The van der Waals surface area contributed by atoms with Gasteiger partial charge in [0.05, 0.1) is 17.8 Å². The molecule has 0 spiro atoms. The number of likely N-dealkylation sites (N-methyl/N-ethyl adjacent to an activating group) is 1. The van der Waals surface area contributed by atoms with E-state index in [1.165, 1.54) is 11.1 Å². The molecule has 0 saturated carbocycles. The van der Waals surface area contributed by atoms with E-state index < -0.39 is 0 Å². The zero-order valence-corrected chi connectivity index (χ0v) is 16.7. The Bertz CT molecular complexity index is 761. The number of nitrogens with one attached hydrogen (secondary N) is 2. The van der Waals surface area contributed by atoms with Gasteiger partial charge in [0.15, 0.2) is 5.69 Å². The van der Waals surface area contributed by atoms with E-state index in [0.29, 0.717) is 18.3 Å². The molecule has 1 fully saturated rings. The number of hydrogen-bond donors (Lipinski definition) is 2. The quantitative estimate of drug-likeness (QED) is 0.812. The Labute approximate surface area is 161 Å². The maximum atomic E-state index is 12.7. The van der Waals surface area contributed by atoms with Crippen LogP contribution in [0.4, 0.5) is 0 Å². The number of nitrogens with zero attached hydrogens (tertiary/aromatic N) is 4. The van der Waals surface area contributed by atoms with Crippen LogP contribution in [-0.2, 0) is 0 Å². The van der Waals surface area contributed by atoms with Crippen molar-refractivity contribution >= 4 is 5.91 Å². The van der Waals surface area contributed by atoms with E-state index in [1.54, 1.807) is 0 Å². The number of hydrogen-bond acceptors (Lipinski definition) is 5. The van der Waals surface area contributed by atoms with Gasteiger partial charge in [-0.05, 0) is 59.4 Å². The molecule has 2 N–H and O–H groups in total. The summed E-state index contributed by atoms with van der Waals surface area (Å²) in [5.74, 6) is -0.161. The Balaban J connectivity index is 1.67. The summed E-state index contributed by atoms with van der Waals surface area (Å²) in [5, 5.41) is 14.8. The molecule has 1 saturated heterocycles. The minimum Gasteiger partial charge on any atom is -0.349 e. The van der Waals surface area contributed by atoms with Crippen LogP contribution in [0.15, 0.2) is 24.3 Å². The SMILES string of the molecule is Cc1ccc(C(CNC(=O)c2nnn(C3CCNCC3)c2C)N(C)C)cc1. The highest BCUT2D eigenvalue weighted by molar-refractivity contribution is 5.93. The third kappa shape index (κ3) is 4.54. The summed E-state index contributed by atoms with van der Waals surface area (Å²) in [6.45, 7) is 6.48. The molecule has 1 unspecified atom stereocenters. The maximum Gasteiger partial charge on any atom is 0.273 e. The average molecular weight is 371 g/mol. The first kappa shape index (κ1) is 19.5. The molecule has 0 aliphatic carbocycles. The van der Waals surface area contributed by atoms with Gasteiger partial charge in [0.1, 0.15) is 0 Å². The normalized spacial score (nSPS) is 16.5. The second kappa shape index (κ2) is 8.63. The number of aromatic nitrogens is 3. The number of amides is 1. The van der Waals surface area contributed by atoms with Crippen molar-refractivity contribution in [3.05, 3.63) is 46.8 Å². The Morgan fingerprint density at radius 1 is 1.26 bits per heavy atom. The zero-order valence-electron chi connectivity index (χ0n) is 16.7. The molecule has 1 amide bonds. The van der Waals surface area contributed by atoms with E-state index in [1.807, 2.05) is 25.7 Å². The Morgan fingerprint density at radius 3 is 2.56 bits per heavy atom. The molecule has 1 aromatic heterocycles. The van der Waals surface area contributed by atoms with E-state index in [9.17, 15) is 4.79 Å². The monoisotopic (exact) mass is 370 g/mol. The molecule has 1 aliphatic heterocycles. The van der Waals surface area contributed by atoms with E-state index in [4.69, 9.17) is 0 Å². The molecule has 7 nitrogen and oxygen atoms in total. The van der Waals surface area contributed by atoms with Crippen molar-refractivity contribution in [1.82, 2.24) is 30.5 Å². The van der Waals surface area contributed by atoms with Crippen molar-refractivity contribution < 1.29 is 4.79 Å². The van der Waals surface area contributed by atoms with Crippen LogP contribution >= 0.6 is 0 Å². The van der Waals surface area contributed by atoms with E-state index >= 15 is 0 Å². The minimum atomic E-state index is -0.161. The summed E-state index contributed by atoms with van der Waals surface area (Å²) in [4.78, 5) is 14.8. The number of piperidine rings is 1. The highest BCUT2D eigenvalue weighted by atomic mass is 16.2. The number of rotatable bonds is 6. The second-order valence-corrected chi connectivity index (χ2v) is 7.55. The number of carbonyl (C=O) groups excluding carboxylic acids is 1. The third-order valence-corrected chi connectivity index (χ3v) is 5.34. The smallest absolute Gasteiger partial charge is 0.273 e. The lowest BCUT2D eigenvalue weighted by Crippen LogP contribution is -2.35. The summed E-state index contributed by atoms with van der Waals surface area (Å²) < 4.78 is 1.92. The Hall–Kier alpha value is -2.25. The number of carbonyl (C=O) groups is 1. The molecular formula is C20H30N6O. The van der Waals surface area contributed by atoms with Gasteiger partial charge in [-0.3, -0.25) is 4.79 Å². The first-order chi connectivity index (χ1) is 13.0. The lowest BCUT2D eigenvalue weighted by atomic mass is 10.0. The fraction of sp³-hybridized carbons (Fsp3) is 0.550. The van der Waals surface area contributed by atoms with Gasteiger partial charge in [-0.1, -0.05) is 35.0 Å². The molecule has 146 valence electrons. The predicted molar refractivity (Wildman–Crippen MR) is 106 cm³/mol.